The molecule has 7 heteroatoms. The van der Waals surface area contributed by atoms with Gasteiger partial charge in [-0.3, -0.25) is 9.69 Å². The first-order valence-electron chi connectivity index (χ1n) is 11.2. The second kappa shape index (κ2) is 12.7. The molecule has 7 nitrogen and oxygen atoms in total. The lowest BCUT2D eigenvalue weighted by Crippen LogP contribution is -2.48. The van der Waals surface area contributed by atoms with Gasteiger partial charge in [-0.05, 0) is 54.5 Å². The van der Waals surface area contributed by atoms with Crippen molar-refractivity contribution in [1.29, 1.82) is 0 Å². The van der Waals surface area contributed by atoms with E-state index in [1.165, 1.54) is 19.6 Å². The van der Waals surface area contributed by atoms with Crippen molar-refractivity contribution in [1.82, 2.24) is 10.2 Å². The summed E-state index contributed by atoms with van der Waals surface area (Å²) in [4.78, 5) is 26.4. The minimum atomic E-state index is -1.12. The number of ether oxygens (including phenoxy) is 2. The number of morpholine rings is 1. The number of nitrogens with zero attached hydrogens (tertiary/aromatic N) is 1. The van der Waals surface area contributed by atoms with Crippen molar-refractivity contribution >= 4 is 18.0 Å². The molecule has 0 aliphatic carbocycles. The Labute approximate surface area is 200 Å². The second-order valence-electron chi connectivity index (χ2n) is 8.03. The molecule has 0 spiro atoms. The molecule has 3 rings (SSSR count). The number of rotatable bonds is 7. The van der Waals surface area contributed by atoms with Gasteiger partial charge in [-0.1, -0.05) is 36.1 Å². The summed E-state index contributed by atoms with van der Waals surface area (Å²) in [5.41, 5.74) is 3.46. The van der Waals surface area contributed by atoms with Gasteiger partial charge in [-0.2, -0.15) is 0 Å². The maximum Gasteiger partial charge on any atom is 0.331 e. The highest BCUT2D eigenvalue weighted by Gasteiger charge is 2.26. The van der Waals surface area contributed by atoms with Gasteiger partial charge in [-0.15, -0.1) is 0 Å². The number of amides is 1. The summed E-state index contributed by atoms with van der Waals surface area (Å²) in [5, 5.41) is 12.2. The number of aliphatic hydroxyl groups excluding tert-OH is 1. The average Bonchev–Trinajstić information content (AvgIpc) is 2.86. The van der Waals surface area contributed by atoms with Crippen LogP contribution in [0.3, 0.4) is 0 Å². The quantitative estimate of drug-likeness (QED) is 0.485. The van der Waals surface area contributed by atoms with E-state index in [1.54, 1.807) is 30.3 Å². The fourth-order valence-electron chi connectivity index (χ4n) is 3.45. The Morgan fingerprint density at radius 1 is 1.15 bits per heavy atom. The normalized spacial score (nSPS) is 15.7. The molecular formula is C27H30N2O5. The van der Waals surface area contributed by atoms with Crippen LogP contribution in [0.5, 0.6) is 0 Å². The highest BCUT2D eigenvalue weighted by Crippen LogP contribution is 2.10. The predicted molar refractivity (Wildman–Crippen MR) is 130 cm³/mol. The molecule has 1 aliphatic rings. The molecule has 0 saturated carbocycles. The van der Waals surface area contributed by atoms with Crippen molar-refractivity contribution in [2.75, 3.05) is 33.4 Å². The third kappa shape index (κ3) is 7.56. The van der Waals surface area contributed by atoms with Gasteiger partial charge in [0, 0.05) is 30.8 Å². The lowest BCUT2D eigenvalue weighted by atomic mass is 10.1. The number of hydrogen-bond acceptors (Lipinski definition) is 6. The summed E-state index contributed by atoms with van der Waals surface area (Å²) in [6, 6.07) is 14.0. The monoisotopic (exact) mass is 462 g/mol. The Bertz CT molecular complexity index is 1040. The smallest absolute Gasteiger partial charge is 0.331 e. The average molecular weight is 463 g/mol. The maximum atomic E-state index is 12.4. The van der Waals surface area contributed by atoms with Crippen LogP contribution in [0, 0.1) is 11.8 Å². The standard InChI is InChI=1S/C27H30N2O5/c1-20(30)25(27(32)33-2)28-26(31)24-13-11-22(12-14-24)6-4-3-5-21-7-9-23(10-8-21)19-29-15-17-34-18-16-29/h4,6-14,20,25,30H,15-19H2,1-2H3,(H,28,31)/t20-,25+/m1/s1. The number of methoxy groups -OCH3 is 1. The largest absolute Gasteiger partial charge is 0.467 e. The molecule has 0 bridgehead atoms. The molecule has 1 heterocycles. The van der Waals surface area contributed by atoms with Crippen LogP contribution in [-0.2, 0) is 20.8 Å². The van der Waals surface area contributed by atoms with Gasteiger partial charge in [0.1, 0.15) is 0 Å². The van der Waals surface area contributed by atoms with Crippen molar-refractivity contribution in [3.05, 3.63) is 76.9 Å². The van der Waals surface area contributed by atoms with E-state index in [4.69, 9.17) is 4.74 Å². The van der Waals surface area contributed by atoms with Crippen LogP contribution in [-0.4, -0.2) is 67.4 Å². The summed E-state index contributed by atoms with van der Waals surface area (Å²) in [5.74, 6) is 4.98. The first kappa shape index (κ1) is 25.2. The van der Waals surface area contributed by atoms with E-state index in [-0.39, 0.29) is 0 Å². The number of benzene rings is 2. The Hall–Kier alpha value is -3.44. The topological polar surface area (TPSA) is 88.1 Å². The van der Waals surface area contributed by atoms with E-state index in [1.807, 2.05) is 18.2 Å². The van der Waals surface area contributed by atoms with Gasteiger partial charge < -0.3 is 19.9 Å². The fraction of sp³-hybridized carbons (Fsp3) is 0.333. The van der Waals surface area contributed by atoms with Gasteiger partial charge in [0.05, 0.1) is 26.4 Å². The molecule has 2 aromatic rings. The van der Waals surface area contributed by atoms with Gasteiger partial charge in [0.15, 0.2) is 6.04 Å². The predicted octanol–water partition coefficient (Wildman–Crippen LogP) is 2.24. The Morgan fingerprint density at radius 3 is 2.44 bits per heavy atom. The Morgan fingerprint density at radius 2 is 1.82 bits per heavy atom. The molecule has 1 saturated heterocycles. The Kier molecular flexibility index (Phi) is 9.41. The van der Waals surface area contributed by atoms with Crippen molar-refractivity contribution in [2.24, 2.45) is 0 Å². The van der Waals surface area contributed by atoms with Gasteiger partial charge >= 0.3 is 5.97 Å². The maximum absolute atomic E-state index is 12.4. The van der Waals surface area contributed by atoms with E-state index >= 15 is 0 Å². The first-order chi connectivity index (χ1) is 16.5. The minimum absolute atomic E-state index is 0.370. The van der Waals surface area contributed by atoms with Crippen LogP contribution in [0.1, 0.15) is 34.0 Å². The van der Waals surface area contributed by atoms with Gasteiger partial charge in [-0.25, -0.2) is 4.79 Å². The lowest BCUT2D eigenvalue weighted by molar-refractivity contribution is -0.145. The van der Waals surface area contributed by atoms with E-state index in [9.17, 15) is 14.7 Å². The summed E-state index contributed by atoms with van der Waals surface area (Å²) < 4.78 is 10.00. The van der Waals surface area contributed by atoms with E-state index < -0.39 is 24.0 Å². The fourth-order valence-corrected chi connectivity index (χ4v) is 3.45. The zero-order valence-corrected chi connectivity index (χ0v) is 19.5. The molecular weight excluding hydrogens is 432 g/mol. The van der Waals surface area contributed by atoms with Crippen LogP contribution in [0.4, 0.5) is 0 Å². The SMILES string of the molecule is COC(=O)[C@@H](NC(=O)c1ccc(C=CC#Cc2ccc(CN3CCOCC3)cc2)cc1)[C@@H](C)O. The van der Waals surface area contributed by atoms with Crippen molar-refractivity contribution < 1.29 is 24.2 Å². The Balaban J connectivity index is 1.52. The van der Waals surface area contributed by atoms with Crippen LogP contribution < -0.4 is 5.32 Å². The minimum Gasteiger partial charge on any atom is -0.467 e. The summed E-state index contributed by atoms with van der Waals surface area (Å²) in [7, 11) is 1.20. The van der Waals surface area contributed by atoms with Crippen molar-refractivity contribution in [3.63, 3.8) is 0 Å². The van der Waals surface area contributed by atoms with Crippen LogP contribution in [0.15, 0.2) is 54.6 Å². The van der Waals surface area contributed by atoms with E-state index in [0.29, 0.717) is 5.56 Å². The molecule has 1 aliphatic heterocycles. The molecule has 2 atom stereocenters. The molecule has 1 fully saturated rings. The second-order valence-corrected chi connectivity index (χ2v) is 8.03. The number of carbonyl (C=O) groups excluding carboxylic acids is 2. The van der Waals surface area contributed by atoms with Crippen molar-refractivity contribution in [3.8, 4) is 11.8 Å². The highest BCUT2D eigenvalue weighted by atomic mass is 16.5. The first-order valence-corrected chi connectivity index (χ1v) is 11.2. The van der Waals surface area contributed by atoms with Gasteiger partial charge in [0.2, 0.25) is 0 Å². The zero-order chi connectivity index (χ0) is 24.3. The zero-order valence-electron chi connectivity index (χ0n) is 19.5. The number of nitrogens with one attached hydrogen (secondary N) is 1. The number of allylic oxidation sites excluding steroid dienone is 1. The molecule has 0 unspecified atom stereocenters. The summed E-state index contributed by atoms with van der Waals surface area (Å²) in [6.45, 7) is 5.86. The van der Waals surface area contributed by atoms with Crippen LogP contribution >= 0.6 is 0 Å². The lowest BCUT2D eigenvalue weighted by Gasteiger charge is -2.26. The molecule has 0 aromatic heterocycles. The number of aliphatic hydroxyl groups is 1. The third-order valence-corrected chi connectivity index (χ3v) is 5.44. The highest BCUT2D eigenvalue weighted by molar-refractivity contribution is 5.97. The van der Waals surface area contributed by atoms with E-state index in [2.05, 4.69) is 38.9 Å². The molecule has 0 radical (unpaired) electrons. The summed E-state index contributed by atoms with van der Waals surface area (Å²) in [6.07, 6.45) is 2.55. The van der Waals surface area contributed by atoms with Crippen molar-refractivity contribution in [2.45, 2.75) is 25.6 Å². The van der Waals surface area contributed by atoms with Crippen LogP contribution in [0.25, 0.3) is 6.08 Å². The number of carbonyl (C=O) groups is 2. The molecule has 2 aromatic carbocycles. The summed E-state index contributed by atoms with van der Waals surface area (Å²) >= 11 is 0. The molecule has 34 heavy (non-hydrogen) atoms. The van der Waals surface area contributed by atoms with Crippen LogP contribution in [0.2, 0.25) is 0 Å². The molecule has 2 N–H and O–H groups in total. The molecule has 178 valence electrons. The van der Waals surface area contributed by atoms with Gasteiger partial charge in [0.25, 0.3) is 5.91 Å². The third-order valence-electron chi connectivity index (χ3n) is 5.44. The number of esters is 1. The molecule has 1 amide bonds. The van der Waals surface area contributed by atoms with E-state index in [0.717, 1.165) is 44.0 Å². The number of hydrogen-bond donors (Lipinski definition) is 2.